The lowest BCUT2D eigenvalue weighted by atomic mass is 9.77. The summed E-state index contributed by atoms with van der Waals surface area (Å²) >= 11 is 0. The average Bonchev–Trinajstić information content (AvgIpc) is 2.63. The molecule has 0 saturated heterocycles. The summed E-state index contributed by atoms with van der Waals surface area (Å²) in [4.78, 5) is 10.6. The first-order valence-electron chi connectivity index (χ1n) is 6.18. The Morgan fingerprint density at radius 3 is 3.16 bits per heavy atom. The molecule has 19 heavy (non-hydrogen) atoms. The van der Waals surface area contributed by atoms with Crippen molar-refractivity contribution in [1.82, 2.24) is 5.32 Å². The molecule has 1 amide bonds. The number of amides is 1. The molecule has 2 heterocycles. The van der Waals surface area contributed by atoms with E-state index in [9.17, 15) is 4.79 Å². The molecule has 0 saturated carbocycles. The van der Waals surface area contributed by atoms with Gasteiger partial charge in [-0.2, -0.15) is 0 Å². The summed E-state index contributed by atoms with van der Waals surface area (Å²) in [7, 11) is -0.482. The van der Waals surface area contributed by atoms with Gasteiger partial charge in [-0.15, -0.1) is 0 Å². The molecule has 1 aromatic rings. The number of nitrogens with one attached hydrogen (secondary N) is 1. The van der Waals surface area contributed by atoms with Crippen molar-refractivity contribution in [2.75, 3.05) is 13.2 Å². The Morgan fingerprint density at radius 1 is 1.53 bits per heavy atom. The van der Waals surface area contributed by atoms with E-state index >= 15 is 0 Å². The van der Waals surface area contributed by atoms with Gasteiger partial charge in [0.05, 0.1) is 12.2 Å². The van der Waals surface area contributed by atoms with Crippen LogP contribution in [0.15, 0.2) is 18.2 Å². The molecule has 0 aromatic heterocycles. The minimum Gasteiger partial charge on any atom is -0.491 e. The summed E-state index contributed by atoms with van der Waals surface area (Å²) in [6.07, 6.45) is -1.48. The van der Waals surface area contributed by atoms with Crippen molar-refractivity contribution in [3.8, 4) is 5.75 Å². The first kappa shape index (κ1) is 12.3. The molecule has 2 aliphatic heterocycles. The van der Waals surface area contributed by atoms with Crippen molar-refractivity contribution in [3.63, 3.8) is 0 Å². The molecule has 3 rings (SSSR count). The zero-order valence-electron chi connectivity index (χ0n) is 10.5. The maximum Gasteiger partial charge on any atom is 0.498 e. The van der Waals surface area contributed by atoms with Gasteiger partial charge in [-0.05, 0) is 18.6 Å². The highest BCUT2D eigenvalue weighted by molar-refractivity contribution is 6.64. The molecule has 2 aliphatic rings. The minimum absolute atomic E-state index is 0.0727. The lowest BCUT2D eigenvalue weighted by Gasteiger charge is -2.16. The number of rotatable bonds is 2. The fourth-order valence-corrected chi connectivity index (χ4v) is 2.41. The van der Waals surface area contributed by atoms with E-state index in [0.29, 0.717) is 6.61 Å². The molecule has 100 valence electrons. The fourth-order valence-electron chi connectivity index (χ4n) is 2.41. The highest BCUT2D eigenvalue weighted by Crippen LogP contribution is 2.30. The van der Waals surface area contributed by atoms with Crippen LogP contribution in [-0.2, 0) is 9.31 Å². The van der Waals surface area contributed by atoms with Crippen LogP contribution < -0.4 is 15.5 Å². The predicted molar refractivity (Wildman–Crippen MR) is 67.7 cm³/mol. The monoisotopic (exact) mass is 263 g/mol. The first-order chi connectivity index (χ1) is 9.15. The molecular formula is C12H14BNO5. The van der Waals surface area contributed by atoms with Gasteiger partial charge < -0.3 is 24.5 Å². The summed E-state index contributed by atoms with van der Waals surface area (Å²) in [5.41, 5.74) is 1.80. The van der Waals surface area contributed by atoms with E-state index in [2.05, 4.69) is 5.32 Å². The molecule has 0 fully saturated rings. The fraction of sp³-hybridized carbons (Fsp3) is 0.417. The summed E-state index contributed by atoms with van der Waals surface area (Å²) in [5.74, 6) is 0.754. The van der Waals surface area contributed by atoms with Crippen LogP contribution in [0.1, 0.15) is 18.6 Å². The quantitative estimate of drug-likeness (QED) is 0.760. The van der Waals surface area contributed by atoms with Gasteiger partial charge in [0, 0.05) is 12.0 Å². The number of hydrogen-bond donors (Lipinski definition) is 2. The molecule has 0 bridgehead atoms. The second-order valence-corrected chi connectivity index (χ2v) is 4.66. The van der Waals surface area contributed by atoms with Crippen LogP contribution >= 0.6 is 0 Å². The maximum atomic E-state index is 10.6. The highest BCUT2D eigenvalue weighted by atomic mass is 16.6. The molecule has 0 radical (unpaired) electrons. The van der Waals surface area contributed by atoms with Gasteiger partial charge in [-0.3, -0.25) is 0 Å². The summed E-state index contributed by atoms with van der Waals surface area (Å²) in [5, 5.41) is 11.0. The Hall–Kier alpha value is -1.73. The van der Waals surface area contributed by atoms with Gasteiger partial charge in [-0.25, -0.2) is 4.79 Å². The molecule has 7 heteroatoms. The van der Waals surface area contributed by atoms with Crippen molar-refractivity contribution in [2.24, 2.45) is 0 Å². The Balaban J connectivity index is 1.90. The highest BCUT2D eigenvalue weighted by Gasteiger charge is 2.42. The molecule has 0 aliphatic carbocycles. The minimum atomic E-state index is -1.07. The lowest BCUT2D eigenvalue weighted by Crippen LogP contribution is -2.34. The number of carboxylic acid groups (broad SMARTS) is 1. The zero-order chi connectivity index (χ0) is 13.4. The van der Waals surface area contributed by atoms with Crippen molar-refractivity contribution >= 4 is 18.7 Å². The van der Waals surface area contributed by atoms with Gasteiger partial charge in [0.15, 0.2) is 0 Å². The van der Waals surface area contributed by atoms with Gasteiger partial charge in [0.25, 0.3) is 0 Å². The normalized spacial score (nSPS) is 24.4. The lowest BCUT2D eigenvalue weighted by molar-refractivity contribution is 0.0978. The van der Waals surface area contributed by atoms with Crippen LogP contribution in [0.3, 0.4) is 0 Å². The third-order valence-electron chi connectivity index (χ3n) is 3.24. The second kappa shape index (κ2) is 4.75. The number of carbonyl (C=O) groups is 1. The second-order valence-electron chi connectivity index (χ2n) is 4.66. The molecule has 2 N–H and O–H groups in total. The standard InChI is InChI=1S/C12H14BNO5/c1-7-6-17-9-4-2-3-8-10(5-14-12(15)16)19-13(18-7)11(8)9/h2-4,7,10,14H,5-6H2,1H3,(H,15,16). The SMILES string of the molecule is CC1COc2cccc3c2B(O1)OC3CNC(=O)O. The largest absolute Gasteiger partial charge is 0.498 e. The molecule has 2 unspecified atom stereocenters. The van der Waals surface area contributed by atoms with E-state index in [1.807, 2.05) is 25.1 Å². The van der Waals surface area contributed by atoms with Crippen LogP contribution in [0.2, 0.25) is 0 Å². The topological polar surface area (TPSA) is 77.0 Å². The Labute approximate surface area is 110 Å². The zero-order valence-corrected chi connectivity index (χ0v) is 10.5. The van der Waals surface area contributed by atoms with Crippen LogP contribution in [-0.4, -0.2) is 37.6 Å². The molecule has 2 atom stereocenters. The smallest absolute Gasteiger partial charge is 0.491 e. The molecular weight excluding hydrogens is 249 g/mol. The Kier molecular flexibility index (Phi) is 3.08. The van der Waals surface area contributed by atoms with E-state index in [0.717, 1.165) is 16.8 Å². The molecule has 6 nitrogen and oxygen atoms in total. The number of ether oxygens (including phenoxy) is 1. The van der Waals surface area contributed by atoms with Crippen molar-refractivity contribution in [1.29, 1.82) is 0 Å². The predicted octanol–water partition coefficient (Wildman–Crippen LogP) is 0.518. The Bertz CT molecular complexity index is 509. The third kappa shape index (κ3) is 2.26. The summed E-state index contributed by atoms with van der Waals surface area (Å²) < 4.78 is 17.2. The first-order valence-corrected chi connectivity index (χ1v) is 6.18. The van der Waals surface area contributed by atoms with Crippen molar-refractivity contribution in [3.05, 3.63) is 23.8 Å². The molecule has 0 spiro atoms. The summed E-state index contributed by atoms with van der Waals surface area (Å²) in [6, 6.07) is 5.67. The van der Waals surface area contributed by atoms with Gasteiger partial charge >= 0.3 is 13.2 Å². The maximum absolute atomic E-state index is 10.6. The van der Waals surface area contributed by atoms with Crippen LogP contribution in [0.4, 0.5) is 4.79 Å². The van der Waals surface area contributed by atoms with E-state index in [-0.39, 0.29) is 18.8 Å². The van der Waals surface area contributed by atoms with E-state index in [1.54, 1.807) is 0 Å². The van der Waals surface area contributed by atoms with E-state index < -0.39 is 13.2 Å². The van der Waals surface area contributed by atoms with Crippen molar-refractivity contribution in [2.45, 2.75) is 19.1 Å². The van der Waals surface area contributed by atoms with E-state index in [4.69, 9.17) is 19.2 Å². The van der Waals surface area contributed by atoms with Gasteiger partial charge in [-0.1, -0.05) is 12.1 Å². The van der Waals surface area contributed by atoms with Crippen LogP contribution in [0.25, 0.3) is 0 Å². The average molecular weight is 263 g/mol. The van der Waals surface area contributed by atoms with E-state index in [1.165, 1.54) is 0 Å². The number of benzene rings is 1. The molecule has 1 aromatic carbocycles. The van der Waals surface area contributed by atoms with Crippen LogP contribution in [0.5, 0.6) is 5.75 Å². The third-order valence-corrected chi connectivity index (χ3v) is 3.24. The van der Waals surface area contributed by atoms with Gasteiger partial charge in [0.2, 0.25) is 0 Å². The van der Waals surface area contributed by atoms with Gasteiger partial charge in [0.1, 0.15) is 12.4 Å². The van der Waals surface area contributed by atoms with Crippen LogP contribution in [0, 0.1) is 0 Å². The van der Waals surface area contributed by atoms with Crippen molar-refractivity contribution < 1.29 is 23.9 Å². The summed E-state index contributed by atoms with van der Waals surface area (Å²) in [6.45, 7) is 2.59. The Morgan fingerprint density at radius 2 is 2.37 bits per heavy atom. The number of hydrogen-bond acceptors (Lipinski definition) is 4.